The molecule has 8 heteroatoms. The number of ether oxygens (including phenoxy) is 1. The summed E-state index contributed by atoms with van der Waals surface area (Å²) in [5.74, 6) is -0.0851. The molecule has 0 aliphatic heterocycles. The SMILES string of the molecule is CCCCOc1ccc(C(=O)NCC(=O)N/N=C\c2cn(-c3ccccc3)nc2-c2ccccc2)cc1. The Bertz CT molecular complexity index is 1330. The van der Waals surface area contributed by atoms with Crippen molar-refractivity contribution in [2.75, 3.05) is 13.2 Å². The van der Waals surface area contributed by atoms with Crippen LogP contribution in [0.15, 0.2) is 96.2 Å². The second-order valence-electron chi connectivity index (χ2n) is 8.28. The van der Waals surface area contributed by atoms with E-state index in [1.807, 2.05) is 66.9 Å². The van der Waals surface area contributed by atoms with Crippen molar-refractivity contribution in [3.63, 3.8) is 0 Å². The van der Waals surface area contributed by atoms with Crippen LogP contribution in [0.1, 0.15) is 35.7 Å². The third kappa shape index (κ3) is 7.14. The van der Waals surface area contributed by atoms with Crippen molar-refractivity contribution in [1.29, 1.82) is 0 Å². The molecule has 0 fully saturated rings. The summed E-state index contributed by atoms with van der Waals surface area (Å²) in [6, 6.07) is 26.3. The van der Waals surface area contributed by atoms with Gasteiger partial charge in [-0.15, -0.1) is 0 Å². The lowest BCUT2D eigenvalue weighted by Crippen LogP contribution is -2.34. The van der Waals surface area contributed by atoms with E-state index in [0.717, 1.165) is 35.3 Å². The first-order chi connectivity index (χ1) is 18.1. The molecule has 0 spiro atoms. The maximum atomic E-state index is 12.4. The van der Waals surface area contributed by atoms with Crippen LogP contribution in [0.3, 0.4) is 0 Å². The fraction of sp³-hybridized carbons (Fsp3) is 0.172. The van der Waals surface area contributed by atoms with Gasteiger partial charge in [0.2, 0.25) is 0 Å². The Labute approximate surface area is 216 Å². The molecule has 3 aromatic carbocycles. The monoisotopic (exact) mass is 495 g/mol. The molecule has 0 aliphatic carbocycles. The first-order valence-corrected chi connectivity index (χ1v) is 12.2. The zero-order chi connectivity index (χ0) is 25.9. The molecule has 2 amide bonds. The van der Waals surface area contributed by atoms with Crippen molar-refractivity contribution in [3.05, 3.63) is 102 Å². The van der Waals surface area contributed by atoms with E-state index in [-0.39, 0.29) is 12.5 Å². The lowest BCUT2D eigenvalue weighted by Gasteiger charge is -2.07. The number of para-hydroxylation sites is 1. The van der Waals surface area contributed by atoms with Crippen LogP contribution in [-0.4, -0.2) is 41.0 Å². The number of hydrogen-bond acceptors (Lipinski definition) is 5. The Morgan fingerprint density at radius 2 is 1.68 bits per heavy atom. The van der Waals surface area contributed by atoms with Crippen molar-refractivity contribution in [2.45, 2.75) is 19.8 Å². The molecule has 0 atom stereocenters. The molecule has 0 aliphatic rings. The second-order valence-corrected chi connectivity index (χ2v) is 8.28. The van der Waals surface area contributed by atoms with Gasteiger partial charge in [-0.3, -0.25) is 9.59 Å². The predicted molar refractivity (Wildman–Crippen MR) is 144 cm³/mol. The fourth-order valence-corrected chi connectivity index (χ4v) is 3.53. The molecular weight excluding hydrogens is 466 g/mol. The number of hydrazone groups is 1. The molecule has 0 saturated heterocycles. The van der Waals surface area contributed by atoms with Crippen LogP contribution in [0, 0.1) is 0 Å². The van der Waals surface area contributed by atoms with Gasteiger partial charge in [-0.05, 0) is 42.8 Å². The third-order valence-electron chi connectivity index (χ3n) is 5.50. The van der Waals surface area contributed by atoms with Crippen LogP contribution >= 0.6 is 0 Å². The van der Waals surface area contributed by atoms with Crippen LogP contribution < -0.4 is 15.5 Å². The Morgan fingerprint density at radius 3 is 2.38 bits per heavy atom. The van der Waals surface area contributed by atoms with E-state index in [9.17, 15) is 9.59 Å². The lowest BCUT2D eigenvalue weighted by molar-refractivity contribution is -0.120. The molecule has 0 unspecified atom stereocenters. The zero-order valence-electron chi connectivity index (χ0n) is 20.6. The molecule has 8 nitrogen and oxygen atoms in total. The van der Waals surface area contributed by atoms with Gasteiger partial charge in [-0.2, -0.15) is 10.2 Å². The second kappa shape index (κ2) is 12.8. The van der Waals surface area contributed by atoms with Crippen LogP contribution in [0.5, 0.6) is 5.75 Å². The molecule has 1 heterocycles. The minimum absolute atomic E-state index is 0.209. The average molecular weight is 496 g/mol. The number of nitrogens with one attached hydrogen (secondary N) is 2. The Morgan fingerprint density at radius 1 is 0.973 bits per heavy atom. The summed E-state index contributed by atoms with van der Waals surface area (Å²) in [5.41, 5.74) is 6.22. The summed E-state index contributed by atoms with van der Waals surface area (Å²) >= 11 is 0. The molecule has 4 rings (SSSR count). The van der Waals surface area contributed by atoms with Gasteiger partial charge in [-0.25, -0.2) is 10.1 Å². The number of unbranched alkanes of at least 4 members (excludes halogenated alkanes) is 1. The number of hydrogen-bond donors (Lipinski definition) is 2. The van der Waals surface area contributed by atoms with Gasteiger partial charge in [0.1, 0.15) is 11.4 Å². The zero-order valence-corrected chi connectivity index (χ0v) is 20.6. The number of rotatable bonds is 11. The summed E-state index contributed by atoms with van der Waals surface area (Å²) in [5, 5.41) is 11.4. The highest BCUT2D eigenvalue weighted by Crippen LogP contribution is 2.22. The van der Waals surface area contributed by atoms with E-state index in [1.165, 1.54) is 0 Å². The Balaban J connectivity index is 1.35. The van der Waals surface area contributed by atoms with Crippen LogP contribution in [-0.2, 0) is 4.79 Å². The van der Waals surface area contributed by atoms with Gasteiger partial charge in [0, 0.05) is 22.9 Å². The maximum absolute atomic E-state index is 12.4. The quantitative estimate of drug-likeness (QED) is 0.181. The Hall–Kier alpha value is -4.72. The Kier molecular flexibility index (Phi) is 8.80. The van der Waals surface area contributed by atoms with Gasteiger partial charge in [-0.1, -0.05) is 61.9 Å². The van der Waals surface area contributed by atoms with E-state index in [2.05, 4.69) is 22.8 Å². The molecule has 1 aromatic heterocycles. The van der Waals surface area contributed by atoms with Gasteiger partial charge in [0.25, 0.3) is 11.8 Å². The van der Waals surface area contributed by atoms with Crippen molar-refractivity contribution in [3.8, 4) is 22.7 Å². The first-order valence-electron chi connectivity index (χ1n) is 12.2. The maximum Gasteiger partial charge on any atom is 0.259 e. The van der Waals surface area contributed by atoms with Gasteiger partial charge < -0.3 is 10.1 Å². The summed E-state index contributed by atoms with van der Waals surface area (Å²) in [6.07, 6.45) is 5.43. The standard InChI is InChI=1S/C29H29N5O3/c1-2-3-18-37-26-16-14-23(15-17-26)29(36)30-20-27(35)32-31-19-24-21-34(25-12-8-5-9-13-25)33-28(24)22-10-6-4-7-11-22/h4-17,19,21H,2-3,18,20H2,1H3,(H,30,36)(H,32,35)/b31-19-. The van der Waals surface area contributed by atoms with Crippen LogP contribution in [0.2, 0.25) is 0 Å². The highest BCUT2D eigenvalue weighted by Gasteiger charge is 2.12. The van der Waals surface area contributed by atoms with Crippen molar-refractivity contribution >= 4 is 18.0 Å². The largest absolute Gasteiger partial charge is 0.494 e. The molecule has 188 valence electrons. The smallest absolute Gasteiger partial charge is 0.259 e. The average Bonchev–Trinajstić information content (AvgIpc) is 3.37. The van der Waals surface area contributed by atoms with E-state index in [1.54, 1.807) is 35.2 Å². The van der Waals surface area contributed by atoms with Crippen LogP contribution in [0.25, 0.3) is 16.9 Å². The van der Waals surface area contributed by atoms with Crippen LogP contribution in [0.4, 0.5) is 0 Å². The summed E-state index contributed by atoms with van der Waals surface area (Å²) in [4.78, 5) is 24.6. The number of nitrogens with zero attached hydrogens (tertiary/aromatic N) is 3. The summed E-state index contributed by atoms with van der Waals surface area (Å²) in [7, 11) is 0. The van der Waals surface area contributed by atoms with Gasteiger partial charge >= 0.3 is 0 Å². The fourth-order valence-electron chi connectivity index (χ4n) is 3.53. The minimum Gasteiger partial charge on any atom is -0.494 e. The number of carbonyl (C=O) groups excluding carboxylic acids is 2. The predicted octanol–water partition coefficient (Wildman–Crippen LogP) is 4.60. The molecule has 2 N–H and O–H groups in total. The van der Waals surface area contributed by atoms with E-state index < -0.39 is 5.91 Å². The number of aromatic nitrogens is 2. The topological polar surface area (TPSA) is 97.6 Å². The number of amides is 2. The van der Waals surface area contributed by atoms with E-state index in [0.29, 0.717) is 17.9 Å². The third-order valence-corrected chi connectivity index (χ3v) is 5.50. The lowest BCUT2D eigenvalue weighted by atomic mass is 10.1. The van der Waals surface area contributed by atoms with E-state index in [4.69, 9.17) is 9.84 Å². The van der Waals surface area contributed by atoms with Crippen molar-refractivity contribution in [1.82, 2.24) is 20.5 Å². The highest BCUT2D eigenvalue weighted by molar-refractivity contribution is 5.96. The van der Waals surface area contributed by atoms with Gasteiger partial charge in [0.15, 0.2) is 0 Å². The van der Waals surface area contributed by atoms with Crippen molar-refractivity contribution in [2.24, 2.45) is 5.10 Å². The number of carbonyl (C=O) groups is 2. The minimum atomic E-state index is -0.444. The highest BCUT2D eigenvalue weighted by atomic mass is 16.5. The molecule has 4 aromatic rings. The van der Waals surface area contributed by atoms with E-state index >= 15 is 0 Å². The molecule has 0 saturated carbocycles. The number of benzene rings is 3. The van der Waals surface area contributed by atoms with Gasteiger partial charge in [0.05, 0.1) is 25.1 Å². The molecular formula is C29H29N5O3. The molecule has 0 radical (unpaired) electrons. The molecule has 37 heavy (non-hydrogen) atoms. The van der Waals surface area contributed by atoms with Crippen molar-refractivity contribution < 1.29 is 14.3 Å². The summed E-state index contributed by atoms with van der Waals surface area (Å²) in [6.45, 7) is 2.53. The first kappa shape index (κ1) is 25.4. The summed E-state index contributed by atoms with van der Waals surface area (Å²) < 4.78 is 7.38. The normalized spacial score (nSPS) is 10.8. The molecule has 0 bridgehead atoms.